The van der Waals surface area contributed by atoms with Gasteiger partial charge in [0.2, 0.25) is 17.7 Å². The first-order chi connectivity index (χ1) is 16.8. The van der Waals surface area contributed by atoms with Gasteiger partial charge in [-0.2, -0.15) is 0 Å². The van der Waals surface area contributed by atoms with Gasteiger partial charge >= 0.3 is 5.69 Å². The van der Waals surface area contributed by atoms with Gasteiger partial charge in [-0.15, -0.1) is 0 Å². The predicted molar refractivity (Wildman–Crippen MR) is 141 cm³/mol. The highest BCUT2D eigenvalue weighted by Gasteiger charge is 2.16. The maximum atomic E-state index is 12.3. The molecule has 0 fully saturated rings. The number of nitrogens with one attached hydrogen (secondary N) is 3. The molecular weight excluding hydrogens is 563 g/mol. The van der Waals surface area contributed by atoms with Crippen molar-refractivity contribution in [3.63, 3.8) is 0 Å². The van der Waals surface area contributed by atoms with E-state index in [4.69, 9.17) is 28.9 Å². The predicted octanol–water partition coefficient (Wildman–Crippen LogP) is 4.97. The molecular formula is C21H21BrCl2N8O3. The third-order valence-electron chi connectivity index (χ3n) is 4.60. The maximum absolute atomic E-state index is 12.3. The Bertz CT molecular complexity index is 1230. The Labute approximate surface area is 219 Å². The van der Waals surface area contributed by atoms with E-state index in [1.54, 1.807) is 18.2 Å². The number of aromatic nitrogens is 3. The highest BCUT2D eigenvalue weighted by atomic mass is 79.9. The lowest BCUT2D eigenvalue weighted by Gasteiger charge is -2.14. The molecule has 14 heteroatoms. The van der Waals surface area contributed by atoms with Crippen molar-refractivity contribution in [3.05, 3.63) is 56.7 Å². The molecule has 3 aromatic rings. The molecule has 3 rings (SSSR count). The van der Waals surface area contributed by atoms with E-state index in [9.17, 15) is 14.9 Å². The van der Waals surface area contributed by atoms with E-state index in [0.717, 1.165) is 0 Å². The number of alkyl halides is 1. The van der Waals surface area contributed by atoms with Crippen molar-refractivity contribution in [1.82, 2.24) is 15.0 Å². The molecule has 0 unspecified atom stereocenters. The number of hydrogen-bond acceptors (Lipinski definition) is 9. The summed E-state index contributed by atoms with van der Waals surface area (Å²) in [6.45, 7) is 0.791. The third-order valence-corrected chi connectivity index (χ3v) is 5.71. The zero-order valence-corrected chi connectivity index (χ0v) is 21.3. The van der Waals surface area contributed by atoms with Crippen LogP contribution in [0.4, 0.5) is 29.0 Å². The molecule has 0 radical (unpaired) electrons. The minimum atomic E-state index is -0.594. The van der Waals surface area contributed by atoms with E-state index in [2.05, 4.69) is 46.8 Å². The van der Waals surface area contributed by atoms with Crippen molar-refractivity contribution in [2.45, 2.75) is 12.8 Å². The van der Waals surface area contributed by atoms with E-state index in [1.165, 1.54) is 18.3 Å². The number of carbonyl (C=O) groups excluding carboxylic acids is 1. The van der Waals surface area contributed by atoms with Crippen LogP contribution in [0.5, 0.6) is 0 Å². The van der Waals surface area contributed by atoms with Crippen LogP contribution >= 0.6 is 39.1 Å². The van der Waals surface area contributed by atoms with E-state index in [-0.39, 0.29) is 17.4 Å². The van der Waals surface area contributed by atoms with Crippen LogP contribution in [-0.4, -0.2) is 44.2 Å². The molecule has 184 valence electrons. The Morgan fingerprint density at radius 3 is 2.60 bits per heavy atom. The number of halogens is 3. The molecule has 0 bridgehead atoms. The van der Waals surface area contributed by atoms with Crippen LogP contribution in [-0.2, 0) is 4.79 Å². The molecule has 35 heavy (non-hydrogen) atoms. The van der Waals surface area contributed by atoms with Crippen molar-refractivity contribution in [1.29, 1.82) is 0 Å². The van der Waals surface area contributed by atoms with Crippen LogP contribution in [0.25, 0.3) is 11.3 Å². The lowest BCUT2D eigenvalue weighted by Crippen LogP contribution is -2.17. The summed E-state index contributed by atoms with van der Waals surface area (Å²) in [7, 11) is 0. The van der Waals surface area contributed by atoms with Gasteiger partial charge in [0.1, 0.15) is 11.5 Å². The second-order valence-electron chi connectivity index (χ2n) is 7.13. The fourth-order valence-corrected chi connectivity index (χ4v) is 3.75. The first-order valence-corrected chi connectivity index (χ1v) is 12.2. The van der Waals surface area contributed by atoms with E-state index in [0.29, 0.717) is 70.0 Å². The summed E-state index contributed by atoms with van der Waals surface area (Å²) in [5.74, 6) is 0.363. The summed E-state index contributed by atoms with van der Waals surface area (Å²) in [5.41, 5.74) is 6.79. The number of hydrogen-bond donors (Lipinski definition) is 4. The van der Waals surface area contributed by atoms with E-state index < -0.39 is 4.92 Å². The molecule has 0 aliphatic rings. The maximum Gasteiger partial charge on any atom is 0.311 e. The summed E-state index contributed by atoms with van der Waals surface area (Å²) in [4.78, 5) is 35.3. The molecule has 2 aromatic heterocycles. The number of rotatable bonds is 11. The van der Waals surface area contributed by atoms with Gasteiger partial charge in [0.05, 0.1) is 21.8 Å². The number of amides is 1. The van der Waals surface area contributed by atoms with Gasteiger partial charge in [0.25, 0.3) is 0 Å². The van der Waals surface area contributed by atoms with Crippen molar-refractivity contribution in [3.8, 4) is 11.3 Å². The molecule has 0 aliphatic heterocycles. The number of nitrogens with two attached hydrogens (primary N) is 1. The molecule has 0 saturated carbocycles. The van der Waals surface area contributed by atoms with Crippen molar-refractivity contribution >= 4 is 74.0 Å². The summed E-state index contributed by atoms with van der Waals surface area (Å²) < 4.78 is 0. The monoisotopic (exact) mass is 582 g/mol. The summed E-state index contributed by atoms with van der Waals surface area (Å²) in [5, 5.41) is 21.3. The van der Waals surface area contributed by atoms with Crippen LogP contribution in [0, 0.1) is 10.1 Å². The molecule has 0 aliphatic carbocycles. The molecule has 1 aromatic carbocycles. The summed E-state index contributed by atoms with van der Waals surface area (Å²) in [6.07, 6.45) is 2.53. The zero-order chi connectivity index (χ0) is 25.4. The molecule has 11 nitrogen and oxygen atoms in total. The molecule has 0 atom stereocenters. The highest BCUT2D eigenvalue weighted by Crippen LogP contribution is 2.34. The summed E-state index contributed by atoms with van der Waals surface area (Å²) in [6, 6.07) is 7.75. The number of carbonyl (C=O) groups is 1. The standard InChI is InChI=1S/C21H21BrCl2N8O3/c22-7-1-2-18(33)29-15-11-28-21(31-19(15)13-4-3-12(23)10-14(13)24)27-9-8-26-17-6-5-16(32(34)35)20(25)30-17/h3-6,10-11H,1-2,7-9H2,(H,29,33)(H3,25,26,30)(H,27,28,31). The minimum Gasteiger partial charge on any atom is -0.378 e. The zero-order valence-electron chi connectivity index (χ0n) is 18.2. The van der Waals surface area contributed by atoms with E-state index in [1.807, 2.05) is 0 Å². The molecule has 0 spiro atoms. The quantitative estimate of drug-likeness (QED) is 0.106. The highest BCUT2D eigenvalue weighted by molar-refractivity contribution is 9.09. The van der Waals surface area contributed by atoms with Gasteiger partial charge in [-0.25, -0.2) is 15.0 Å². The number of benzene rings is 1. The fraction of sp³-hybridized carbons (Fsp3) is 0.238. The Kier molecular flexibility index (Phi) is 9.40. The van der Waals surface area contributed by atoms with Gasteiger partial charge in [-0.1, -0.05) is 39.1 Å². The number of pyridine rings is 1. The minimum absolute atomic E-state index is 0.167. The lowest BCUT2D eigenvalue weighted by atomic mass is 10.1. The number of anilines is 4. The van der Waals surface area contributed by atoms with Crippen molar-refractivity contribution < 1.29 is 9.72 Å². The second-order valence-corrected chi connectivity index (χ2v) is 8.77. The summed E-state index contributed by atoms with van der Waals surface area (Å²) >= 11 is 15.7. The van der Waals surface area contributed by atoms with Crippen molar-refractivity contribution in [2.75, 3.05) is 40.1 Å². The van der Waals surface area contributed by atoms with Crippen LogP contribution in [0.15, 0.2) is 36.5 Å². The Morgan fingerprint density at radius 1 is 1.14 bits per heavy atom. The van der Waals surface area contributed by atoms with Crippen LogP contribution in [0.3, 0.4) is 0 Å². The average Bonchev–Trinajstić information content (AvgIpc) is 2.81. The van der Waals surface area contributed by atoms with Gasteiger partial charge < -0.3 is 21.7 Å². The van der Waals surface area contributed by atoms with Crippen LogP contribution in [0.1, 0.15) is 12.8 Å². The largest absolute Gasteiger partial charge is 0.378 e. The van der Waals surface area contributed by atoms with E-state index >= 15 is 0 Å². The molecule has 1 amide bonds. The lowest BCUT2D eigenvalue weighted by molar-refractivity contribution is -0.384. The Balaban J connectivity index is 1.72. The van der Waals surface area contributed by atoms with Gasteiger partial charge in [-0.3, -0.25) is 14.9 Å². The van der Waals surface area contributed by atoms with Crippen LogP contribution < -0.4 is 21.7 Å². The first kappa shape index (κ1) is 26.4. The Hall–Kier alpha value is -3.22. The smallest absolute Gasteiger partial charge is 0.311 e. The number of nitrogens with zero attached hydrogens (tertiary/aromatic N) is 4. The van der Waals surface area contributed by atoms with Crippen LogP contribution in [0.2, 0.25) is 10.0 Å². The third kappa shape index (κ3) is 7.38. The molecule has 2 heterocycles. The topological polar surface area (TPSA) is 161 Å². The SMILES string of the molecule is Nc1nc(NCCNc2ncc(NC(=O)CCCBr)c(-c3ccc(Cl)cc3Cl)n2)ccc1[N+](=O)[O-]. The molecule has 5 N–H and O–H groups in total. The van der Waals surface area contributed by atoms with Gasteiger partial charge in [0, 0.05) is 41.5 Å². The number of nitrogen functional groups attached to an aromatic ring is 1. The van der Waals surface area contributed by atoms with Gasteiger partial charge in [0.15, 0.2) is 0 Å². The first-order valence-electron chi connectivity index (χ1n) is 10.4. The Morgan fingerprint density at radius 2 is 1.91 bits per heavy atom. The normalized spacial score (nSPS) is 10.6. The van der Waals surface area contributed by atoms with Gasteiger partial charge in [-0.05, 0) is 30.7 Å². The number of nitro groups is 1. The molecule has 0 saturated heterocycles. The van der Waals surface area contributed by atoms with Crippen molar-refractivity contribution in [2.24, 2.45) is 0 Å². The fourth-order valence-electron chi connectivity index (χ4n) is 2.97. The second kappa shape index (κ2) is 12.5. The average molecular weight is 584 g/mol.